The lowest BCUT2D eigenvalue weighted by atomic mass is 10.1. The van der Waals surface area contributed by atoms with Crippen molar-refractivity contribution in [2.24, 2.45) is 0 Å². The molecule has 11 nitrogen and oxygen atoms in total. The summed E-state index contributed by atoms with van der Waals surface area (Å²) in [6.45, 7) is 1.63. The van der Waals surface area contributed by atoms with E-state index < -0.39 is 17.8 Å². The van der Waals surface area contributed by atoms with Crippen LogP contribution < -0.4 is 28.6 Å². The summed E-state index contributed by atoms with van der Waals surface area (Å²) in [5, 5.41) is 0. The van der Waals surface area contributed by atoms with Gasteiger partial charge >= 0.3 is 5.97 Å². The van der Waals surface area contributed by atoms with Gasteiger partial charge in [0.1, 0.15) is 28.7 Å². The Morgan fingerprint density at radius 3 is 1.24 bits per heavy atom. The summed E-state index contributed by atoms with van der Waals surface area (Å²) in [4.78, 5) is 63.4. The first-order chi connectivity index (χ1) is 32.3. The largest absolute Gasteiger partial charge is 0.494 e. The summed E-state index contributed by atoms with van der Waals surface area (Å²) in [7, 11) is 0. The van der Waals surface area contributed by atoms with Crippen LogP contribution in [0.15, 0.2) is 176 Å². The highest BCUT2D eigenvalue weighted by Gasteiger charge is 2.25. The highest BCUT2D eigenvalue weighted by molar-refractivity contribution is 6.28. The summed E-state index contributed by atoms with van der Waals surface area (Å²) in [5.41, 5.74) is 3.60. The van der Waals surface area contributed by atoms with Crippen LogP contribution in [0, 0.1) is 0 Å². The number of esters is 1. The monoisotopic (exact) mass is 881 g/mol. The van der Waals surface area contributed by atoms with E-state index in [0.717, 1.165) is 16.0 Å². The standard InChI is InChI=1S/C55H47NO10/c57-51(42-11-3-1-4-12-42)29-19-40-15-23-46(24-16-40)62-33-7-9-35-64-49-37-44(55(61)66-48-27-21-45(22-28-48)56-53(59)31-32-54(56)60)38-50(39-49)65-36-10-8-34-63-47-25-17-41(18-26-47)20-30-52(58)43-13-5-2-6-14-43/h1-6,11-32,37-39H,7-10,33-36H2/b29-19+,30-20+. The number of allylic oxidation sites excluding steroid dienone is 2. The number of hydrogen-bond acceptors (Lipinski definition) is 10. The summed E-state index contributed by atoms with van der Waals surface area (Å²) in [5.74, 6) is 0.827. The number of imide groups is 1. The Morgan fingerprint density at radius 1 is 0.424 bits per heavy atom. The Labute approximate surface area is 383 Å². The van der Waals surface area contributed by atoms with Gasteiger partial charge in [-0.2, -0.15) is 0 Å². The normalized spacial score (nSPS) is 12.2. The van der Waals surface area contributed by atoms with Crippen molar-refractivity contribution < 1.29 is 47.7 Å². The van der Waals surface area contributed by atoms with Crippen molar-refractivity contribution in [2.75, 3.05) is 31.3 Å². The van der Waals surface area contributed by atoms with E-state index in [9.17, 15) is 24.0 Å². The fourth-order valence-corrected chi connectivity index (χ4v) is 6.60. The number of anilines is 1. The number of amides is 2. The molecule has 0 bridgehead atoms. The molecule has 2 amide bonds. The van der Waals surface area contributed by atoms with Crippen molar-refractivity contribution in [3.8, 4) is 28.7 Å². The van der Waals surface area contributed by atoms with Crippen LogP contribution >= 0.6 is 0 Å². The van der Waals surface area contributed by atoms with Gasteiger partial charge in [-0.3, -0.25) is 19.2 Å². The molecule has 7 rings (SSSR count). The molecule has 332 valence electrons. The zero-order chi connectivity index (χ0) is 45.9. The quantitative estimate of drug-likeness (QED) is 0.0153. The molecule has 1 aliphatic heterocycles. The molecule has 0 aliphatic carbocycles. The van der Waals surface area contributed by atoms with Crippen LogP contribution in [0.4, 0.5) is 5.69 Å². The van der Waals surface area contributed by atoms with Gasteiger partial charge in [-0.1, -0.05) is 97.1 Å². The van der Waals surface area contributed by atoms with E-state index in [1.165, 1.54) is 36.4 Å². The van der Waals surface area contributed by atoms with Crippen molar-refractivity contribution in [2.45, 2.75) is 25.7 Å². The summed E-state index contributed by atoms with van der Waals surface area (Å²) in [6, 6.07) is 44.2. The first kappa shape index (κ1) is 45.7. The number of benzene rings is 6. The fraction of sp³-hybridized carbons (Fsp3) is 0.145. The lowest BCUT2D eigenvalue weighted by Gasteiger charge is -2.15. The number of carbonyl (C=O) groups excluding carboxylic acids is 5. The highest BCUT2D eigenvalue weighted by atomic mass is 16.5. The molecule has 1 aliphatic rings. The zero-order valence-corrected chi connectivity index (χ0v) is 36.1. The molecule has 66 heavy (non-hydrogen) atoms. The van der Waals surface area contributed by atoms with E-state index in [-0.39, 0.29) is 22.9 Å². The molecular formula is C55H47NO10. The topological polar surface area (TPSA) is 135 Å². The predicted molar refractivity (Wildman–Crippen MR) is 252 cm³/mol. The molecule has 0 fully saturated rings. The van der Waals surface area contributed by atoms with Gasteiger partial charge in [-0.15, -0.1) is 0 Å². The Morgan fingerprint density at radius 2 is 0.818 bits per heavy atom. The van der Waals surface area contributed by atoms with Crippen LogP contribution in [0.5, 0.6) is 28.7 Å². The summed E-state index contributed by atoms with van der Waals surface area (Å²) >= 11 is 0. The number of rotatable bonds is 23. The second-order valence-electron chi connectivity index (χ2n) is 15.0. The van der Waals surface area contributed by atoms with Gasteiger partial charge in [0.15, 0.2) is 11.6 Å². The summed E-state index contributed by atoms with van der Waals surface area (Å²) < 4.78 is 29.7. The van der Waals surface area contributed by atoms with Gasteiger partial charge in [-0.25, -0.2) is 9.69 Å². The Balaban J connectivity index is 0.881. The third-order valence-corrected chi connectivity index (χ3v) is 10.1. The molecule has 0 radical (unpaired) electrons. The number of ketones is 2. The van der Waals surface area contributed by atoms with E-state index in [0.29, 0.717) is 91.9 Å². The first-order valence-electron chi connectivity index (χ1n) is 21.6. The van der Waals surface area contributed by atoms with Crippen LogP contribution in [0.25, 0.3) is 12.2 Å². The smallest absolute Gasteiger partial charge is 0.343 e. The van der Waals surface area contributed by atoms with E-state index in [1.54, 1.807) is 66.8 Å². The molecule has 11 heteroatoms. The molecule has 0 aromatic heterocycles. The number of ether oxygens (including phenoxy) is 5. The van der Waals surface area contributed by atoms with Crippen LogP contribution in [-0.2, 0) is 9.59 Å². The molecule has 0 unspecified atom stereocenters. The maximum atomic E-state index is 13.4. The van der Waals surface area contributed by atoms with Crippen molar-refractivity contribution >= 4 is 47.2 Å². The van der Waals surface area contributed by atoms with E-state index in [2.05, 4.69) is 0 Å². The number of unbranched alkanes of at least 4 members (excludes halogenated alkanes) is 2. The molecule has 6 aromatic rings. The van der Waals surface area contributed by atoms with Gasteiger partial charge in [0.05, 0.1) is 37.7 Å². The van der Waals surface area contributed by atoms with Gasteiger partial charge in [0, 0.05) is 29.3 Å². The van der Waals surface area contributed by atoms with E-state index in [4.69, 9.17) is 23.7 Å². The lowest BCUT2D eigenvalue weighted by molar-refractivity contribution is -0.120. The van der Waals surface area contributed by atoms with Crippen LogP contribution in [0.3, 0.4) is 0 Å². The average molecular weight is 882 g/mol. The second kappa shape index (κ2) is 23.4. The minimum Gasteiger partial charge on any atom is -0.494 e. The van der Waals surface area contributed by atoms with Gasteiger partial charge < -0.3 is 23.7 Å². The number of carbonyl (C=O) groups is 5. The van der Waals surface area contributed by atoms with Crippen LogP contribution in [0.1, 0.15) is 67.9 Å². The van der Waals surface area contributed by atoms with Gasteiger partial charge in [0.25, 0.3) is 11.8 Å². The third-order valence-electron chi connectivity index (χ3n) is 10.1. The first-order valence-corrected chi connectivity index (χ1v) is 21.6. The lowest BCUT2D eigenvalue weighted by Crippen LogP contribution is -2.29. The van der Waals surface area contributed by atoms with Crippen molar-refractivity contribution in [3.05, 3.63) is 204 Å². The third kappa shape index (κ3) is 13.6. The molecule has 0 spiro atoms. The van der Waals surface area contributed by atoms with Crippen molar-refractivity contribution in [1.82, 2.24) is 0 Å². The maximum absolute atomic E-state index is 13.4. The Hall–Kier alpha value is -8.31. The molecular weight excluding hydrogens is 835 g/mol. The minimum absolute atomic E-state index is 0.0618. The van der Waals surface area contributed by atoms with Crippen LogP contribution in [-0.4, -0.2) is 55.8 Å². The Kier molecular flexibility index (Phi) is 16.2. The SMILES string of the molecule is O=C(/C=C/c1ccc(OCCCCOc2cc(OCCCCOc3ccc(/C=C/C(=O)c4ccccc4)cc3)cc(C(=O)Oc3ccc(N4C(=O)C=CC4=O)cc3)c2)cc1)c1ccccc1. The molecule has 6 aromatic carbocycles. The zero-order valence-electron chi connectivity index (χ0n) is 36.1. The van der Waals surface area contributed by atoms with E-state index in [1.807, 2.05) is 84.9 Å². The van der Waals surface area contributed by atoms with Crippen molar-refractivity contribution in [1.29, 1.82) is 0 Å². The molecule has 0 N–H and O–H groups in total. The highest BCUT2D eigenvalue weighted by Crippen LogP contribution is 2.27. The fourth-order valence-electron chi connectivity index (χ4n) is 6.60. The number of hydrogen-bond donors (Lipinski definition) is 0. The minimum atomic E-state index is -0.650. The average Bonchev–Trinajstić information content (AvgIpc) is 3.70. The van der Waals surface area contributed by atoms with Gasteiger partial charge in [0.2, 0.25) is 0 Å². The molecule has 0 saturated heterocycles. The van der Waals surface area contributed by atoms with Gasteiger partial charge in [-0.05, 0) is 110 Å². The Bertz CT molecular complexity index is 2540. The molecule has 1 heterocycles. The molecule has 0 atom stereocenters. The van der Waals surface area contributed by atoms with E-state index >= 15 is 0 Å². The number of nitrogens with zero attached hydrogens (tertiary/aromatic N) is 1. The maximum Gasteiger partial charge on any atom is 0.343 e. The predicted octanol–water partition coefficient (Wildman–Crippen LogP) is 10.6. The molecule has 0 saturated carbocycles. The summed E-state index contributed by atoms with van der Waals surface area (Å²) in [6.07, 6.45) is 11.8. The second-order valence-corrected chi connectivity index (χ2v) is 15.0. The van der Waals surface area contributed by atoms with Crippen LogP contribution in [0.2, 0.25) is 0 Å². The van der Waals surface area contributed by atoms with Crippen molar-refractivity contribution in [3.63, 3.8) is 0 Å².